The van der Waals surface area contributed by atoms with Gasteiger partial charge in [0, 0.05) is 26.2 Å². The summed E-state index contributed by atoms with van der Waals surface area (Å²) in [7, 11) is 1.96. The monoisotopic (exact) mass is 488 g/mol. The Balaban J connectivity index is 1.71. The molecule has 0 aliphatic carbocycles. The van der Waals surface area contributed by atoms with Crippen molar-refractivity contribution in [2.45, 2.75) is 37.1 Å². The summed E-state index contributed by atoms with van der Waals surface area (Å²) in [5.41, 5.74) is -0.573. The Hall–Kier alpha value is -2.37. The normalized spacial score (nSPS) is 19.1. The number of aliphatic hydroxyl groups is 4. The van der Waals surface area contributed by atoms with Gasteiger partial charge < -0.3 is 39.7 Å². The lowest BCUT2D eigenvalue weighted by molar-refractivity contribution is -0.202. The van der Waals surface area contributed by atoms with E-state index in [4.69, 9.17) is 9.47 Å². The minimum Gasteiger partial charge on any atom is -0.393 e. The highest BCUT2D eigenvalue weighted by Gasteiger charge is 2.46. The van der Waals surface area contributed by atoms with Crippen LogP contribution in [0.4, 0.5) is 0 Å². The second kappa shape index (κ2) is 13.1. The van der Waals surface area contributed by atoms with Gasteiger partial charge in [0.1, 0.15) is 17.8 Å². The number of rotatable bonds is 12. The van der Waals surface area contributed by atoms with Crippen LogP contribution in [0.2, 0.25) is 0 Å². The molecule has 3 rings (SSSR count). The van der Waals surface area contributed by atoms with Gasteiger partial charge in [-0.3, -0.25) is 4.79 Å². The number of carbonyl (C=O) groups excluding carboxylic acids is 1. The largest absolute Gasteiger partial charge is 0.393 e. The van der Waals surface area contributed by atoms with Gasteiger partial charge >= 0.3 is 0 Å². The van der Waals surface area contributed by atoms with Crippen molar-refractivity contribution in [3.8, 4) is 0 Å². The van der Waals surface area contributed by atoms with Crippen LogP contribution < -0.4 is 0 Å². The van der Waals surface area contributed by atoms with Gasteiger partial charge in [-0.1, -0.05) is 60.7 Å². The van der Waals surface area contributed by atoms with E-state index in [2.05, 4.69) is 4.90 Å². The number of aliphatic hydroxyl groups excluding tert-OH is 3. The Morgan fingerprint density at radius 1 is 0.943 bits per heavy atom. The summed E-state index contributed by atoms with van der Waals surface area (Å²) in [5, 5.41) is 42.7. The molecule has 1 unspecified atom stereocenters. The second-order valence-corrected chi connectivity index (χ2v) is 9.02. The van der Waals surface area contributed by atoms with Crippen molar-refractivity contribution in [2.24, 2.45) is 0 Å². The summed E-state index contributed by atoms with van der Waals surface area (Å²) in [6.45, 7) is 1.07. The lowest BCUT2D eigenvalue weighted by Crippen LogP contribution is -2.61. The molecule has 0 bridgehead atoms. The first-order chi connectivity index (χ1) is 16.8. The van der Waals surface area contributed by atoms with Gasteiger partial charge in [0.05, 0.1) is 26.4 Å². The third-order valence-corrected chi connectivity index (χ3v) is 6.25. The van der Waals surface area contributed by atoms with Crippen molar-refractivity contribution >= 4 is 5.91 Å². The van der Waals surface area contributed by atoms with E-state index >= 15 is 0 Å². The van der Waals surface area contributed by atoms with Crippen molar-refractivity contribution in [3.05, 3.63) is 71.8 Å². The van der Waals surface area contributed by atoms with Crippen molar-refractivity contribution in [2.75, 3.05) is 46.4 Å². The first-order valence-electron chi connectivity index (χ1n) is 11.8. The molecular formula is C26H36N2O7. The molecule has 1 fully saturated rings. The minimum atomic E-state index is -2.20. The third-order valence-electron chi connectivity index (χ3n) is 6.25. The number of piperazine rings is 1. The van der Waals surface area contributed by atoms with E-state index in [0.717, 1.165) is 11.1 Å². The summed E-state index contributed by atoms with van der Waals surface area (Å²) in [6.07, 6.45) is -5.15. The molecule has 9 nitrogen and oxygen atoms in total. The lowest BCUT2D eigenvalue weighted by Gasteiger charge is -2.39. The number of nitrogens with zero attached hydrogens (tertiary/aromatic N) is 2. The van der Waals surface area contributed by atoms with Gasteiger partial charge in [-0.25, -0.2) is 0 Å². The topological polar surface area (TPSA) is 123 Å². The van der Waals surface area contributed by atoms with Crippen LogP contribution in [0.25, 0.3) is 0 Å². The fourth-order valence-electron chi connectivity index (χ4n) is 3.91. The number of ether oxygens (including phenoxy) is 2. The molecule has 2 aromatic carbocycles. The number of likely N-dealkylation sites (N-methyl/N-ethyl adjacent to an activating group) is 1. The second-order valence-electron chi connectivity index (χ2n) is 9.02. The van der Waals surface area contributed by atoms with Crippen molar-refractivity contribution < 1.29 is 34.7 Å². The van der Waals surface area contributed by atoms with Crippen LogP contribution in [-0.4, -0.2) is 106 Å². The number of hydrogen-bond donors (Lipinski definition) is 4. The van der Waals surface area contributed by atoms with Gasteiger partial charge in [0.2, 0.25) is 0 Å². The van der Waals surface area contributed by atoms with E-state index in [1.165, 1.54) is 0 Å². The maximum absolute atomic E-state index is 13.3. The SMILES string of the molecule is CN1CCN(C(=O)[C@H](OCc2ccccc2)[C@@H](O)[C@H](O)C(O)(CO)COCc2ccccc2)CC1. The predicted octanol–water partition coefficient (Wildman–Crippen LogP) is 0.00780. The molecular weight excluding hydrogens is 452 g/mol. The number of hydrogen-bond acceptors (Lipinski definition) is 8. The minimum absolute atomic E-state index is 0.0246. The Morgan fingerprint density at radius 3 is 2.03 bits per heavy atom. The molecule has 0 aromatic heterocycles. The molecule has 35 heavy (non-hydrogen) atoms. The van der Waals surface area contributed by atoms with Gasteiger partial charge in [-0.05, 0) is 18.2 Å². The van der Waals surface area contributed by atoms with Crippen LogP contribution in [0.1, 0.15) is 11.1 Å². The van der Waals surface area contributed by atoms with Crippen LogP contribution in [0.15, 0.2) is 60.7 Å². The highest BCUT2D eigenvalue weighted by atomic mass is 16.5. The zero-order valence-electron chi connectivity index (χ0n) is 20.1. The average Bonchev–Trinajstić information content (AvgIpc) is 2.89. The Labute approximate surface area is 206 Å². The first-order valence-corrected chi connectivity index (χ1v) is 11.8. The van der Waals surface area contributed by atoms with Gasteiger partial charge in [0.25, 0.3) is 5.91 Å². The molecule has 1 amide bonds. The first kappa shape index (κ1) is 27.2. The maximum Gasteiger partial charge on any atom is 0.254 e. The average molecular weight is 489 g/mol. The van der Waals surface area contributed by atoms with Gasteiger partial charge in [-0.15, -0.1) is 0 Å². The molecule has 1 saturated heterocycles. The highest BCUT2D eigenvalue weighted by Crippen LogP contribution is 2.21. The zero-order valence-corrected chi connectivity index (χ0v) is 20.1. The summed E-state index contributed by atoms with van der Waals surface area (Å²) in [5.74, 6) is -0.480. The van der Waals surface area contributed by atoms with Gasteiger partial charge in [-0.2, -0.15) is 0 Å². The number of benzene rings is 2. The third kappa shape index (κ3) is 7.55. The smallest absolute Gasteiger partial charge is 0.254 e. The molecule has 2 aromatic rings. The van der Waals surface area contributed by atoms with E-state index in [-0.39, 0.29) is 13.2 Å². The summed E-state index contributed by atoms with van der Waals surface area (Å²) in [6, 6.07) is 18.4. The quantitative estimate of drug-likeness (QED) is 0.330. The van der Waals surface area contributed by atoms with E-state index < -0.39 is 43.0 Å². The predicted molar refractivity (Wildman–Crippen MR) is 129 cm³/mol. The zero-order chi connectivity index (χ0) is 25.3. The van der Waals surface area contributed by atoms with Crippen LogP contribution in [0.3, 0.4) is 0 Å². The van der Waals surface area contributed by atoms with Crippen LogP contribution in [-0.2, 0) is 27.5 Å². The maximum atomic E-state index is 13.3. The molecule has 4 atom stereocenters. The van der Waals surface area contributed by atoms with Crippen LogP contribution in [0.5, 0.6) is 0 Å². The molecule has 0 radical (unpaired) electrons. The molecule has 1 aliphatic rings. The highest BCUT2D eigenvalue weighted by molar-refractivity contribution is 5.82. The summed E-state index contributed by atoms with van der Waals surface area (Å²) in [4.78, 5) is 17.0. The van der Waals surface area contributed by atoms with Crippen molar-refractivity contribution in [3.63, 3.8) is 0 Å². The fourth-order valence-corrected chi connectivity index (χ4v) is 3.91. The Morgan fingerprint density at radius 2 is 1.49 bits per heavy atom. The Bertz CT molecular complexity index is 893. The van der Waals surface area contributed by atoms with E-state index in [1.807, 2.05) is 67.7 Å². The van der Waals surface area contributed by atoms with Crippen LogP contribution >= 0.6 is 0 Å². The molecule has 9 heteroatoms. The molecule has 0 saturated carbocycles. The lowest BCUT2D eigenvalue weighted by atomic mass is 9.90. The Kier molecular flexibility index (Phi) is 10.2. The standard InChI is InChI=1S/C26H36N2O7/c1-27-12-14-28(15-13-27)25(32)23(35-17-21-10-6-3-7-11-21)22(30)24(31)26(33,18-29)19-34-16-20-8-4-2-5-9-20/h2-11,22-24,29-31,33H,12-19H2,1H3/t22-,23-,24+,26?/m1/s1. The molecule has 1 heterocycles. The number of carbonyl (C=O) groups is 1. The van der Waals surface area contributed by atoms with Crippen molar-refractivity contribution in [1.82, 2.24) is 9.80 Å². The van der Waals surface area contributed by atoms with E-state index in [9.17, 15) is 25.2 Å². The number of amides is 1. The molecule has 1 aliphatic heterocycles. The summed E-state index contributed by atoms with van der Waals surface area (Å²) < 4.78 is 11.3. The fraction of sp³-hybridized carbons (Fsp3) is 0.500. The van der Waals surface area contributed by atoms with E-state index in [1.54, 1.807) is 4.90 Å². The molecule has 192 valence electrons. The van der Waals surface area contributed by atoms with E-state index in [0.29, 0.717) is 26.2 Å². The molecule has 4 N–H and O–H groups in total. The van der Waals surface area contributed by atoms with Crippen LogP contribution in [0, 0.1) is 0 Å². The van der Waals surface area contributed by atoms with Crippen molar-refractivity contribution in [1.29, 1.82) is 0 Å². The summed E-state index contributed by atoms with van der Waals surface area (Å²) >= 11 is 0. The molecule has 0 spiro atoms. The van der Waals surface area contributed by atoms with Gasteiger partial charge in [0.15, 0.2) is 6.10 Å².